The molecule has 1 aliphatic rings. The third kappa shape index (κ3) is 4.45. The fraction of sp³-hybridized carbons (Fsp3) is 0.588. The first-order valence-electron chi connectivity index (χ1n) is 7.61. The molecule has 2 rings (SSSR count). The number of carbonyl (C=O) groups excluding carboxylic acids is 1. The first-order valence-corrected chi connectivity index (χ1v) is 7.61. The number of rotatable bonds is 4. The van der Waals surface area contributed by atoms with Gasteiger partial charge in [-0.2, -0.15) is 0 Å². The number of amides is 1. The topological polar surface area (TPSA) is 32.3 Å². The maximum absolute atomic E-state index is 12.4. The van der Waals surface area contributed by atoms with Crippen LogP contribution in [0, 0.1) is 11.8 Å². The number of hydrogen-bond acceptors (Lipinski definition) is 2. The highest BCUT2D eigenvalue weighted by Crippen LogP contribution is 2.32. The number of likely N-dealkylation sites (tertiary alicyclic amines) is 1. The zero-order chi connectivity index (χ0) is 14.5. The van der Waals surface area contributed by atoms with E-state index in [-0.39, 0.29) is 24.2 Å². The summed E-state index contributed by atoms with van der Waals surface area (Å²) in [5.74, 6) is 1.47. The van der Waals surface area contributed by atoms with E-state index >= 15 is 0 Å². The Hall–Kier alpha value is -1.06. The van der Waals surface area contributed by atoms with Crippen molar-refractivity contribution in [3.63, 3.8) is 0 Å². The van der Waals surface area contributed by atoms with Crippen molar-refractivity contribution in [2.75, 3.05) is 26.7 Å². The molecule has 1 aromatic rings. The highest BCUT2D eigenvalue weighted by Gasteiger charge is 2.30. The maximum Gasteiger partial charge on any atom is 0.226 e. The number of halogens is 1. The van der Waals surface area contributed by atoms with Crippen LogP contribution < -0.4 is 5.32 Å². The van der Waals surface area contributed by atoms with Crippen LogP contribution in [0.1, 0.15) is 31.7 Å². The van der Waals surface area contributed by atoms with Gasteiger partial charge in [0.15, 0.2) is 0 Å². The van der Waals surface area contributed by atoms with Crippen molar-refractivity contribution in [2.24, 2.45) is 11.8 Å². The summed E-state index contributed by atoms with van der Waals surface area (Å²) in [7, 11) is 1.90. The predicted octanol–water partition coefficient (Wildman–Crippen LogP) is 2.92. The Morgan fingerprint density at radius 1 is 1.38 bits per heavy atom. The molecule has 1 heterocycles. The molecule has 3 nitrogen and oxygen atoms in total. The Kier molecular flexibility index (Phi) is 7.20. The van der Waals surface area contributed by atoms with Gasteiger partial charge in [0, 0.05) is 25.6 Å². The Morgan fingerprint density at radius 2 is 2.05 bits per heavy atom. The Morgan fingerprint density at radius 3 is 2.62 bits per heavy atom. The van der Waals surface area contributed by atoms with Gasteiger partial charge in [0.1, 0.15) is 0 Å². The van der Waals surface area contributed by atoms with E-state index in [1.165, 1.54) is 5.56 Å². The fourth-order valence-electron chi connectivity index (χ4n) is 3.25. The Balaban J connectivity index is 0.00000220. The van der Waals surface area contributed by atoms with Crippen molar-refractivity contribution in [3.8, 4) is 0 Å². The average molecular weight is 311 g/mol. The summed E-state index contributed by atoms with van der Waals surface area (Å²) in [6, 6.07) is 10.7. The minimum absolute atomic E-state index is 0. The van der Waals surface area contributed by atoms with E-state index in [2.05, 4.69) is 42.6 Å². The molecule has 3 atom stereocenters. The van der Waals surface area contributed by atoms with Crippen LogP contribution in [0.15, 0.2) is 30.3 Å². The summed E-state index contributed by atoms with van der Waals surface area (Å²) < 4.78 is 0. The molecule has 1 aliphatic heterocycles. The van der Waals surface area contributed by atoms with Crippen LogP contribution in [0.5, 0.6) is 0 Å². The summed E-state index contributed by atoms with van der Waals surface area (Å²) >= 11 is 0. The molecule has 118 valence electrons. The minimum Gasteiger partial charge on any atom is -0.342 e. The van der Waals surface area contributed by atoms with Gasteiger partial charge in [-0.05, 0) is 30.9 Å². The molecule has 1 amide bonds. The lowest BCUT2D eigenvalue weighted by Crippen LogP contribution is -2.45. The van der Waals surface area contributed by atoms with E-state index in [1.807, 2.05) is 18.9 Å². The van der Waals surface area contributed by atoms with Crippen molar-refractivity contribution < 1.29 is 4.79 Å². The second kappa shape index (κ2) is 8.40. The lowest BCUT2D eigenvalue weighted by Gasteiger charge is -2.38. The number of carbonyl (C=O) groups is 1. The zero-order valence-electron chi connectivity index (χ0n) is 13.2. The normalized spacial score (nSPS) is 23.3. The van der Waals surface area contributed by atoms with Gasteiger partial charge in [-0.15, -0.1) is 12.4 Å². The molecule has 0 radical (unpaired) electrons. The predicted molar refractivity (Wildman–Crippen MR) is 89.9 cm³/mol. The molecule has 0 aromatic heterocycles. The van der Waals surface area contributed by atoms with Crippen LogP contribution in [0.2, 0.25) is 0 Å². The molecular formula is C17H27ClN2O. The molecule has 0 spiro atoms. The molecule has 1 fully saturated rings. The second-order valence-electron chi connectivity index (χ2n) is 6.03. The summed E-state index contributed by atoms with van der Waals surface area (Å²) in [6.45, 7) is 6.79. The van der Waals surface area contributed by atoms with Crippen LogP contribution in [0.3, 0.4) is 0 Å². The molecule has 1 aromatic carbocycles. The number of nitrogens with one attached hydrogen (secondary N) is 1. The van der Waals surface area contributed by atoms with E-state index in [0.717, 1.165) is 26.1 Å². The number of benzene rings is 1. The van der Waals surface area contributed by atoms with Crippen molar-refractivity contribution in [1.29, 1.82) is 0 Å². The summed E-state index contributed by atoms with van der Waals surface area (Å²) in [6.07, 6.45) is 1.07. The van der Waals surface area contributed by atoms with Crippen LogP contribution in [0.25, 0.3) is 0 Å². The Bertz CT molecular complexity index is 438. The van der Waals surface area contributed by atoms with E-state index in [0.29, 0.717) is 11.8 Å². The number of piperidine rings is 1. The van der Waals surface area contributed by atoms with Gasteiger partial charge in [-0.25, -0.2) is 0 Å². The average Bonchev–Trinajstić information content (AvgIpc) is 2.47. The molecule has 21 heavy (non-hydrogen) atoms. The zero-order valence-corrected chi connectivity index (χ0v) is 14.0. The molecular weight excluding hydrogens is 284 g/mol. The van der Waals surface area contributed by atoms with Crippen molar-refractivity contribution >= 4 is 18.3 Å². The molecule has 1 N–H and O–H groups in total. The molecule has 1 saturated heterocycles. The van der Waals surface area contributed by atoms with Gasteiger partial charge in [0.05, 0.1) is 0 Å². The van der Waals surface area contributed by atoms with Crippen LogP contribution in [-0.2, 0) is 4.79 Å². The van der Waals surface area contributed by atoms with Gasteiger partial charge in [0.2, 0.25) is 5.91 Å². The lowest BCUT2D eigenvalue weighted by molar-refractivity contribution is -0.136. The monoisotopic (exact) mass is 310 g/mol. The smallest absolute Gasteiger partial charge is 0.226 e. The third-order valence-electron chi connectivity index (χ3n) is 4.38. The maximum atomic E-state index is 12.4. The van der Waals surface area contributed by atoms with Crippen LogP contribution in [-0.4, -0.2) is 37.5 Å². The lowest BCUT2D eigenvalue weighted by atomic mass is 9.81. The first-order chi connectivity index (χ1) is 9.63. The third-order valence-corrected chi connectivity index (χ3v) is 4.38. The second-order valence-corrected chi connectivity index (χ2v) is 6.03. The van der Waals surface area contributed by atoms with E-state index in [9.17, 15) is 4.79 Å². The molecule has 3 unspecified atom stereocenters. The van der Waals surface area contributed by atoms with Gasteiger partial charge < -0.3 is 10.2 Å². The SMILES string of the molecule is CNCC(C)C(=O)N1CCC(c2ccccc2)C(C)C1.Cl. The molecule has 4 heteroatoms. The van der Waals surface area contributed by atoms with Gasteiger partial charge in [0.25, 0.3) is 0 Å². The Labute approximate surface area is 134 Å². The molecule has 0 bridgehead atoms. The van der Waals surface area contributed by atoms with Gasteiger partial charge in [-0.3, -0.25) is 4.79 Å². The molecule has 0 aliphatic carbocycles. The van der Waals surface area contributed by atoms with Crippen LogP contribution >= 0.6 is 12.4 Å². The van der Waals surface area contributed by atoms with Crippen molar-refractivity contribution in [1.82, 2.24) is 10.2 Å². The standard InChI is InChI=1S/C17H26N2O.ClH/c1-13(11-18-3)17(20)19-10-9-16(14(2)12-19)15-7-5-4-6-8-15;/h4-8,13-14,16,18H,9-12H2,1-3H3;1H. The van der Waals surface area contributed by atoms with E-state index < -0.39 is 0 Å². The summed E-state index contributed by atoms with van der Waals surface area (Å²) in [5, 5.41) is 3.09. The largest absolute Gasteiger partial charge is 0.342 e. The van der Waals surface area contributed by atoms with Gasteiger partial charge in [-0.1, -0.05) is 44.2 Å². The van der Waals surface area contributed by atoms with E-state index in [4.69, 9.17) is 0 Å². The summed E-state index contributed by atoms with van der Waals surface area (Å²) in [5.41, 5.74) is 1.41. The molecule has 0 saturated carbocycles. The van der Waals surface area contributed by atoms with Crippen molar-refractivity contribution in [2.45, 2.75) is 26.2 Å². The fourth-order valence-corrected chi connectivity index (χ4v) is 3.25. The van der Waals surface area contributed by atoms with E-state index in [1.54, 1.807) is 0 Å². The van der Waals surface area contributed by atoms with Crippen LogP contribution in [0.4, 0.5) is 0 Å². The minimum atomic E-state index is 0. The number of hydrogen-bond donors (Lipinski definition) is 1. The summed E-state index contributed by atoms with van der Waals surface area (Å²) in [4.78, 5) is 14.4. The van der Waals surface area contributed by atoms with Crippen molar-refractivity contribution in [3.05, 3.63) is 35.9 Å². The first kappa shape index (κ1) is 18.0. The number of nitrogens with zero attached hydrogens (tertiary/aromatic N) is 1. The highest BCUT2D eigenvalue weighted by molar-refractivity contribution is 5.85. The highest BCUT2D eigenvalue weighted by atomic mass is 35.5. The van der Waals surface area contributed by atoms with Gasteiger partial charge >= 0.3 is 0 Å². The quantitative estimate of drug-likeness (QED) is 0.927.